The minimum atomic E-state index is -0.594. The normalized spacial score (nSPS) is 13.6. The first-order valence-corrected chi connectivity index (χ1v) is 21.6. The van der Waals surface area contributed by atoms with Gasteiger partial charge >= 0.3 is 246 Å². The molecule has 6 aromatic carbocycles. The first-order valence-electron chi connectivity index (χ1n) is 19.3. The number of pyridine rings is 1. The first-order chi connectivity index (χ1) is 27.0. The molecule has 9 rings (SSSR count). The van der Waals surface area contributed by atoms with Gasteiger partial charge in [0.25, 0.3) is 0 Å². The van der Waals surface area contributed by atoms with Crippen LogP contribution in [0.5, 0.6) is 11.5 Å². The van der Waals surface area contributed by atoms with Crippen LogP contribution in [0.15, 0.2) is 158 Å². The number of ether oxygens (including phenoxy) is 1. The maximum atomic E-state index is 6.74. The van der Waals surface area contributed by atoms with Gasteiger partial charge in [-0.1, -0.05) is 63.2 Å². The number of benzene rings is 6. The molecular weight excluding hydrogens is 800 g/mol. The van der Waals surface area contributed by atoms with Gasteiger partial charge in [-0.15, -0.1) is 0 Å². The van der Waals surface area contributed by atoms with E-state index in [0.29, 0.717) is 6.67 Å². The minimum absolute atomic E-state index is 0.00788. The quantitative estimate of drug-likeness (QED) is 0.156. The molecule has 0 unspecified atom stereocenters. The number of fused-ring (bicyclic) bond motifs is 3. The molecular formula is C50H46N4OTe. The molecule has 0 radical (unpaired) electrons. The predicted octanol–water partition coefficient (Wildman–Crippen LogP) is 11.8. The van der Waals surface area contributed by atoms with Crippen molar-refractivity contribution in [3.05, 3.63) is 169 Å². The molecule has 0 fully saturated rings. The largest absolute Gasteiger partial charge is 0.0564 e. The van der Waals surface area contributed by atoms with Gasteiger partial charge in [0.1, 0.15) is 0 Å². The van der Waals surface area contributed by atoms with Gasteiger partial charge < -0.3 is 0 Å². The summed E-state index contributed by atoms with van der Waals surface area (Å²) in [5.41, 5.74) is 12.0. The molecule has 0 spiro atoms. The second kappa shape index (κ2) is 14.2. The average Bonchev–Trinajstić information content (AvgIpc) is 3.59. The van der Waals surface area contributed by atoms with E-state index in [4.69, 9.17) is 9.72 Å². The Bertz CT molecular complexity index is 2550. The first kappa shape index (κ1) is 36.1. The van der Waals surface area contributed by atoms with E-state index in [0.717, 1.165) is 28.7 Å². The van der Waals surface area contributed by atoms with Crippen LogP contribution in [-0.4, -0.2) is 32.6 Å². The molecule has 278 valence electrons. The van der Waals surface area contributed by atoms with Crippen molar-refractivity contribution in [2.75, 3.05) is 21.4 Å². The van der Waals surface area contributed by atoms with Crippen molar-refractivity contribution in [1.82, 2.24) is 4.98 Å². The zero-order valence-corrected chi connectivity index (χ0v) is 35.2. The Morgan fingerprint density at radius 3 is 2.00 bits per heavy atom. The van der Waals surface area contributed by atoms with Crippen molar-refractivity contribution >= 4 is 68.1 Å². The zero-order chi connectivity index (χ0) is 38.6. The van der Waals surface area contributed by atoms with Gasteiger partial charge in [-0.3, -0.25) is 0 Å². The van der Waals surface area contributed by atoms with E-state index in [9.17, 15) is 0 Å². The van der Waals surface area contributed by atoms with Crippen LogP contribution in [0, 0.1) is 0 Å². The SMILES string of the molecule is CC(C)(C)c1ccc(N2CN(c3cccc(Oc4ccc5c(c4)N(c4cc(C(C)(C)C)ccn4)c4ccccc4[Te]5)c3)c3ccc(-c4ccccc4)cc32)cc1. The summed E-state index contributed by atoms with van der Waals surface area (Å²) in [4.78, 5) is 12.1. The summed E-state index contributed by atoms with van der Waals surface area (Å²) < 4.78 is 9.53. The smallest absolute Gasteiger partial charge is 0.0380 e. The summed E-state index contributed by atoms with van der Waals surface area (Å²) in [6.07, 6.45) is 1.94. The number of nitrogens with zero attached hydrogens (tertiary/aromatic N) is 4. The topological polar surface area (TPSA) is 31.8 Å². The maximum absolute atomic E-state index is 6.74. The summed E-state index contributed by atoms with van der Waals surface area (Å²) in [5.74, 6) is 2.53. The molecule has 0 amide bonds. The summed E-state index contributed by atoms with van der Waals surface area (Å²) in [7, 11) is 0. The summed E-state index contributed by atoms with van der Waals surface area (Å²) >= 11 is -0.594. The maximum Gasteiger partial charge on any atom is -0.0380 e. The summed E-state index contributed by atoms with van der Waals surface area (Å²) in [6, 6.07) is 54.7. The molecule has 0 saturated heterocycles. The van der Waals surface area contributed by atoms with Gasteiger partial charge in [-0.05, 0) is 34.2 Å². The fourth-order valence-corrected chi connectivity index (χ4v) is 10.5. The van der Waals surface area contributed by atoms with Crippen molar-refractivity contribution < 1.29 is 4.74 Å². The number of rotatable bonds is 6. The van der Waals surface area contributed by atoms with Crippen LogP contribution < -0.4 is 26.7 Å². The number of hydrogen-bond acceptors (Lipinski definition) is 5. The third-order valence-corrected chi connectivity index (χ3v) is 13.9. The van der Waals surface area contributed by atoms with Crippen LogP contribution in [0.3, 0.4) is 0 Å². The molecule has 2 aliphatic rings. The third kappa shape index (κ3) is 6.93. The molecule has 2 aliphatic heterocycles. The number of hydrogen-bond donors (Lipinski definition) is 0. The van der Waals surface area contributed by atoms with E-state index >= 15 is 0 Å². The predicted molar refractivity (Wildman–Crippen MR) is 235 cm³/mol. The van der Waals surface area contributed by atoms with Crippen LogP contribution in [0.1, 0.15) is 52.7 Å². The second-order valence-corrected chi connectivity index (χ2v) is 19.7. The van der Waals surface area contributed by atoms with Gasteiger partial charge in [-0.25, -0.2) is 0 Å². The Hall–Kier alpha value is -5.54. The van der Waals surface area contributed by atoms with E-state index in [-0.39, 0.29) is 10.8 Å². The van der Waals surface area contributed by atoms with Crippen molar-refractivity contribution in [3.63, 3.8) is 0 Å². The Labute approximate surface area is 341 Å². The molecule has 0 N–H and O–H groups in total. The van der Waals surface area contributed by atoms with E-state index in [2.05, 4.69) is 208 Å². The summed E-state index contributed by atoms with van der Waals surface area (Å²) in [5, 5.41) is 0. The molecule has 0 atom stereocenters. The van der Waals surface area contributed by atoms with Crippen molar-refractivity contribution in [2.24, 2.45) is 0 Å². The molecule has 0 aliphatic carbocycles. The molecule has 0 saturated carbocycles. The average molecular weight is 847 g/mol. The number of para-hydroxylation sites is 1. The van der Waals surface area contributed by atoms with Crippen molar-refractivity contribution in [3.8, 4) is 22.6 Å². The fraction of sp³-hybridized carbons (Fsp3) is 0.180. The van der Waals surface area contributed by atoms with Crippen LogP contribution in [0.4, 0.5) is 39.9 Å². The number of aromatic nitrogens is 1. The van der Waals surface area contributed by atoms with Crippen LogP contribution >= 0.6 is 0 Å². The Kier molecular flexibility index (Phi) is 9.15. The monoisotopic (exact) mass is 848 g/mol. The molecule has 1 aromatic heterocycles. The van der Waals surface area contributed by atoms with Gasteiger partial charge in [0.2, 0.25) is 0 Å². The molecule has 5 nitrogen and oxygen atoms in total. The molecule has 6 heteroatoms. The van der Waals surface area contributed by atoms with E-state index in [1.165, 1.54) is 52.2 Å². The zero-order valence-electron chi connectivity index (χ0n) is 32.8. The molecule has 3 heterocycles. The van der Waals surface area contributed by atoms with Crippen LogP contribution in [-0.2, 0) is 10.8 Å². The molecule has 56 heavy (non-hydrogen) atoms. The number of anilines is 7. The Morgan fingerprint density at radius 1 is 0.500 bits per heavy atom. The van der Waals surface area contributed by atoms with E-state index < -0.39 is 20.9 Å². The van der Waals surface area contributed by atoms with Crippen LogP contribution in [0.2, 0.25) is 0 Å². The van der Waals surface area contributed by atoms with Crippen molar-refractivity contribution in [2.45, 2.75) is 52.4 Å². The van der Waals surface area contributed by atoms with Gasteiger partial charge in [0.05, 0.1) is 0 Å². The van der Waals surface area contributed by atoms with Gasteiger partial charge in [0.15, 0.2) is 0 Å². The van der Waals surface area contributed by atoms with Gasteiger partial charge in [-0.2, -0.15) is 0 Å². The molecule has 0 bridgehead atoms. The second-order valence-electron chi connectivity index (χ2n) is 16.7. The minimum Gasteiger partial charge on any atom is -0.0564 e. The summed E-state index contributed by atoms with van der Waals surface area (Å²) in [6.45, 7) is 14.2. The fourth-order valence-electron chi connectivity index (χ4n) is 7.56. The van der Waals surface area contributed by atoms with E-state index in [1.807, 2.05) is 6.20 Å². The standard InChI is InChI=1S/C50H46N4OTe/c1-49(2,3)36-20-22-38(23-21-36)52-33-53(42-25-19-35(29-44(42)52)34-13-8-7-9-14-34)39-15-12-16-40(31-39)55-41-24-26-47-45(32-41)54(43-17-10-11-18-46(43)56-47)48-30-37(27-28-51-48)50(4,5)6/h7-32H,33H2,1-6H3. The Morgan fingerprint density at radius 2 is 1.21 bits per heavy atom. The third-order valence-electron chi connectivity index (χ3n) is 10.7. The van der Waals surface area contributed by atoms with Gasteiger partial charge in [0, 0.05) is 0 Å². The molecule has 7 aromatic rings. The Balaban J connectivity index is 1.06. The van der Waals surface area contributed by atoms with Crippen LogP contribution in [0.25, 0.3) is 11.1 Å². The van der Waals surface area contributed by atoms with E-state index in [1.54, 1.807) is 0 Å². The van der Waals surface area contributed by atoms with Crippen molar-refractivity contribution in [1.29, 1.82) is 0 Å².